The van der Waals surface area contributed by atoms with Crippen molar-refractivity contribution in [2.45, 2.75) is 25.8 Å². The third kappa shape index (κ3) is 1.84. The minimum Gasteiger partial charge on any atom is -0.397 e. The first-order valence-corrected chi connectivity index (χ1v) is 6.95. The van der Waals surface area contributed by atoms with Crippen LogP contribution in [-0.4, -0.2) is 16.9 Å². The molecule has 3 N–H and O–H groups in total. The van der Waals surface area contributed by atoms with E-state index in [4.69, 9.17) is 5.73 Å². The number of pyridine rings is 1. The van der Waals surface area contributed by atoms with E-state index in [9.17, 15) is 4.79 Å². The van der Waals surface area contributed by atoms with Crippen LogP contribution in [0.2, 0.25) is 0 Å². The number of hydrogen-bond donors (Lipinski definition) is 2. The molecule has 2 heterocycles. The number of aromatic nitrogens is 1. The molecule has 2 aromatic heterocycles. The highest BCUT2D eigenvalue weighted by atomic mass is 32.1. The zero-order valence-electron chi connectivity index (χ0n) is 10.1. The van der Waals surface area contributed by atoms with Gasteiger partial charge >= 0.3 is 0 Å². The smallest absolute Gasteiger partial charge is 0.263 e. The van der Waals surface area contributed by atoms with Crippen molar-refractivity contribution in [3.63, 3.8) is 0 Å². The van der Waals surface area contributed by atoms with Gasteiger partial charge in [-0.15, -0.1) is 11.3 Å². The molecular weight excluding hydrogens is 246 g/mol. The Kier molecular flexibility index (Phi) is 2.70. The van der Waals surface area contributed by atoms with Crippen molar-refractivity contribution in [2.75, 3.05) is 5.73 Å². The SMILES string of the molecule is CCC1CC1NC(=O)c1sc2cnccc2c1N. The summed E-state index contributed by atoms with van der Waals surface area (Å²) in [4.78, 5) is 16.8. The average Bonchev–Trinajstić information content (AvgIpc) is 3.05. The van der Waals surface area contributed by atoms with E-state index < -0.39 is 0 Å². The highest BCUT2D eigenvalue weighted by molar-refractivity contribution is 7.21. The third-order valence-corrected chi connectivity index (χ3v) is 4.66. The standard InChI is InChI=1S/C13H15N3OS/c1-2-7-5-9(7)16-13(17)12-11(14)8-3-4-15-6-10(8)18-12/h3-4,6-7,9H,2,5,14H2,1H3,(H,16,17). The van der Waals surface area contributed by atoms with Crippen LogP contribution in [0.5, 0.6) is 0 Å². The second kappa shape index (κ2) is 4.24. The lowest BCUT2D eigenvalue weighted by Crippen LogP contribution is -2.26. The van der Waals surface area contributed by atoms with Crippen molar-refractivity contribution >= 4 is 33.0 Å². The molecule has 0 saturated heterocycles. The molecule has 1 aliphatic carbocycles. The Bertz CT molecular complexity index is 607. The molecule has 5 heteroatoms. The normalized spacial score (nSPS) is 22.1. The number of nitrogens with one attached hydrogen (secondary N) is 1. The van der Waals surface area contributed by atoms with Gasteiger partial charge in [0.2, 0.25) is 0 Å². The maximum Gasteiger partial charge on any atom is 0.263 e. The summed E-state index contributed by atoms with van der Waals surface area (Å²) in [5, 5.41) is 3.96. The van der Waals surface area contributed by atoms with Gasteiger partial charge in [0.15, 0.2) is 0 Å². The lowest BCUT2D eigenvalue weighted by Gasteiger charge is -2.02. The summed E-state index contributed by atoms with van der Waals surface area (Å²) in [5.74, 6) is 0.598. The topological polar surface area (TPSA) is 68.0 Å². The number of fused-ring (bicyclic) bond motifs is 1. The van der Waals surface area contributed by atoms with Gasteiger partial charge in [-0.3, -0.25) is 9.78 Å². The minimum absolute atomic E-state index is 0.0466. The Labute approximate surface area is 109 Å². The molecule has 1 amide bonds. The minimum atomic E-state index is -0.0466. The molecule has 2 aromatic rings. The first-order chi connectivity index (χ1) is 8.70. The second-order valence-corrected chi connectivity index (χ2v) is 5.75. The molecule has 4 nitrogen and oxygen atoms in total. The van der Waals surface area contributed by atoms with Crippen molar-refractivity contribution in [2.24, 2.45) is 5.92 Å². The zero-order chi connectivity index (χ0) is 12.7. The lowest BCUT2D eigenvalue weighted by atomic mass is 10.2. The van der Waals surface area contributed by atoms with E-state index in [-0.39, 0.29) is 5.91 Å². The summed E-state index contributed by atoms with van der Waals surface area (Å²) in [6.07, 6.45) is 5.66. The maximum atomic E-state index is 12.1. The lowest BCUT2D eigenvalue weighted by molar-refractivity contribution is 0.0954. The van der Waals surface area contributed by atoms with Gasteiger partial charge in [0.25, 0.3) is 5.91 Å². The molecule has 0 radical (unpaired) electrons. The molecule has 2 unspecified atom stereocenters. The quantitative estimate of drug-likeness (QED) is 0.891. The number of hydrogen-bond acceptors (Lipinski definition) is 4. The summed E-state index contributed by atoms with van der Waals surface area (Å²) in [6.45, 7) is 2.15. The molecule has 0 aliphatic heterocycles. The molecule has 0 aromatic carbocycles. The Morgan fingerprint density at radius 2 is 2.50 bits per heavy atom. The van der Waals surface area contributed by atoms with Crippen LogP contribution in [-0.2, 0) is 0 Å². The van der Waals surface area contributed by atoms with Gasteiger partial charge in [-0.2, -0.15) is 0 Å². The van der Waals surface area contributed by atoms with Crippen LogP contribution in [0.4, 0.5) is 5.69 Å². The van der Waals surface area contributed by atoms with Gasteiger partial charge in [0, 0.05) is 23.8 Å². The van der Waals surface area contributed by atoms with Crippen LogP contribution in [0.25, 0.3) is 10.1 Å². The number of carbonyl (C=O) groups is 1. The molecule has 18 heavy (non-hydrogen) atoms. The van der Waals surface area contributed by atoms with Gasteiger partial charge in [0.1, 0.15) is 4.88 Å². The summed E-state index contributed by atoms with van der Waals surface area (Å²) in [6, 6.07) is 2.19. The van der Waals surface area contributed by atoms with Gasteiger partial charge in [-0.05, 0) is 18.4 Å². The summed E-state index contributed by atoms with van der Waals surface area (Å²) in [5.41, 5.74) is 6.60. The van der Waals surface area contributed by atoms with Crippen LogP contribution >= 0.6 is 11.3 Å². The zero-order valence-corrected chi connectivity index (χ0v) is 11.0. The van der Waals surface area contributed by atoms with E-state index >= 15 is 0 Å². The van der Waals surface area contributed by atoms with Crippen molar-refractivity contribution in [3.8, 4) is 0 Å². The average molecular weight is 261 g/mol. The van der Waals surface area contributed by atoms with Gasteiger partial charge in [-0.25, -0.2) is 0 Å². The van der Waals surface area contributed by atoms with E-state index in [1.54, 1.807) is 12.4 Å². The number of carbonyl (C=O) groups excluding carboxylic acids is 1. The number of thiophene rings is 1. The van der Waals surface area contributed by atoms with Gasteiger partial charge < -0.3 is 11.1 Å². The Morgan fingerprint density at radius 1 is 1.67 bits per heavy atom. The fourth-order valence-electron chi connectivity index (χ4n) is 2.25. The Morgan fingerprint density at radius 3 is 3.17 bits per heavy atom. The van der Waals surface area contributed by atoms with Crippen LogP contribution in [0.3, 0.4) is 0 Å². The number of nitrogens with zero attached hydrogens (tertiary/aromatic N) is 1. The highest BCUT2D eigenvalue weighted by Crippen LogP contribution is 2.36. The summed E-state index contributed by atoms with van der Waals surface area (Å²) >= 11 is 1.41. The van der Waals surface area contributed by atoms with E-state index in [0.29, 0.717) is 22.5 Å². The summed E-state index contributed by atoms with van der Waals surface area (Å²) in [7, 11) is 0. The maximum absolute atomic E-state index is 12.1. The largest absolute Gasteiger partial charge is 0.397 e. The molecule has 94 valence electrons. The van der Waals surface area contributed by atoms with Crippen LogP contribution in [0, 0.1) is 5.92 Å². The van der Waals surface area contributed by atoms with Crippen LogP contribution < -0.4 is 11.1 Å². The predicted molar refractivity (Wildman–Crippen MR) is 73.7 cm³/mol. The molecule has 2 atom stereocenters. The van der Waals surface area contributed by atoms with Crippen molar-refractivity contribution in [3.05, 3.63) is 23.3 Å². The van der Waals surface area contributed by atoms with E-state index in [1.807, 2.05) is 6.07 Å². The molecule has 1 aliphatic rings. The number of nitrogens with two attached hydrogens (primary N) is 1. The summed E-state index contributed by atoms with van der Waals surface area (Å²) < 4.78 is 0.961. The van der Waals surface area contributed by atoms with Crippen LogP contribution in [0.1, 0.15) is 29.4 Å². The van der Waals surface area contributed by atoms with Crippen molar-refractivity contribution < 1.29 is 4.79 Å². The number of anilines is 1. The number of amides is 1. The molecule has 0 bridgehead atoms. The van der Waals surface area contributed by atoms with E-state index in [1.165, 1.54) is 11.3 Å². The van der Waals surface area contributed by atoms with Crippen LogP contribution in [0.15, 0.2) is 18.5 Å². The Balaban J connectivity index is 1.85. The number of nitrogen functional groups attached to an aromatic ring is 1. The van der Waals surface area contributed by atoms with E-state index in [2.05, 4.69) is 17.2 Å². The van der Waals surface area contributed by atoms with Gasteiger partial charge in [-0.1, -0.05) is 13.3 Å². The fraction of sp³-hybridized carbons (Fsp3) is 0.385. The third-order valence-electron chi connectivity index (χ3n) is 3.50. The second-order valence-electron chi connectivity index (χ2n) is 4.70. The molecular formula is C13H15N3OS. The first kappa shape index (κ1) is 11.5. The molecule has 3 rings (SSSR count). The fourth-order valence-corrected chi connectivity index (χ4v) is 3.24. The first-order valence-electron chi connectivity index (χ1n) is 6.13. The predicted octanol–water partition coefficient (Wildman–Crippen LogP) is 2.41. The van der Waals surface area contributed by atoms with Crippen molar-refractivity contribution in [1.82, 2.24) is 10.3 Å². The van der Waals surface area contributed by atoms with E-state index in [0.717, 1.165) is 22.9 Å². The molecule has 1 saturated carbocycles. The van der Waals surface area contributed by atoms with Crippen molar-refractivity contribution in [1.29, 1.82) is 0 Å². The van der Waals surface area contributed by atoms with Gasteiger partial charge in [0.05, 0.1) is 10.4 Å². The molecule has 0 spiro atoms. The number of rotatable bonds is 3. The molecule has 1 fully saturated rings. The Hall–Kier alpha value is -1.62. The monoisotopic (exact) mass is 261 g/mol. The highest BCUT2D eigenvalue weighted by Gasteiger charge is 2.37.